The molecule has 0 saturated carbocycles. The van der Waals surface area contributed by atoms with Crippen molar-refractivity contribution < 1.29 is 27.1 Å². The molecule has 212 valence electrons. The minimum atomic E-state index is -4.99. The van der Waals surface area contributed by atoms with E-state index in [1.54, 1.807) is 24.3 Å². The number of aliphatic hydroxyl groups is 1. The first-order valence-corrected chi connectivity index (χ1v) is 12.6. The number of hydrogen-bond donors (Lipinski definition) is 1. The summed E-state index contributed by atoms with van der Waals surface area (Å²) in [5.74, 6) is -3.08. The quantitative estimate of drug-likeness (QED) is 0.314. The molecule has 1 saturated heterocycles. The van der Waals surface area contributed by atoms with E-state index in [2.05, 4.69) is 15.2 Å². The van der Waals surface area contributed by atoms with E-state index in [0.717, 1.165) is 4.68 Å². The van der Waals surface area contributed by atoms with Gasteiger partial charge in [-0.25, -0.2) is 18.3 Å². The van der Waals surface area contributed by atoms with E-state index >= 15 is 0 Å². The van der Waals surface area contributed by atoms with Crippen LogP contribution in [0.3, 0.4) is 0 Å². The molecule has 0 spiro atoms. The Hall–Kier alpha value is -3.49. The molecule has 9 nitrogen and oxygen atoms in total. The van der Waals surface area contributed by atoms with Gasteiger partial charge in [0.05, 0.1) is 23.8 Å². The Morgan fingerprint density at radius 3 is 2.38 bits per heavy atom. The molecular formula is C24H20Cl2F5N7O2. The summed E-state index contributed by atoms with van der Waals surface area (Å²) < 4.78 is 70.3. The second kappa shape index (κ2) is 10.5. The molecule has 3 heterocycles. The molecule has 0 amide bonds. The van der Waals surface area contributed by atoms with Crippen molar-refractivity contribution >= 4 is 29.2 Å². The number of aliphatic hydroxyl groups excluding tert-OH is 1. The largest absolute Gasteiger partial charge is 0.416 e. The van der Waals surface area contributed by atoms with Gasteiger partial charge in [-0.2, -0.15) is 22.8 Å². The molecular weight excluding hydrogens is 584 g/mol. The van der Waals surface area contributed by atoms with Crippen molar-refractivity contribution in [2.45, 2.75) is 37.7 Å². The van der Waals surface area contributed by atoms with Gasteiger partial charge in [0.2, 0.25) is 5.95 Å². The molecule has 0 radical (unpaired) electrons. The molecule has 5 rings (SSSR count). The van der Waals surface area contributed by atoms with Gasteiger partial charge in [0.15, 0.2) is 17.8 Å². The smallest absolute Gasteiger partial charge is 0.382 e. The topological polar surface area (TPSA) is 94.0 Å². The zero-order valence-corrected chi connectivity index (χ0v) is 21.9. The third-order valence-electron chi connectivity index (χ3n) is 6.22. The highest BCUT2D eigenvalue weighted by Crippen LogP contribution is 2.32. The molecule has 16 heteroatoms. The summed E-state index contributed by atoms with van der Waals surface area (Å²) in [5, 5.41) is 18.9. The van der Waals surface area contributed by atoms with Gasteiger partial charge in [-0.15, -0.1) is 10.2 Å². The van der Waals surface area contributed by atoms with Crippen molar-refractivity contribution in [3.05, 3.63) is 74.9 Å². The van der Waals surface area contributed by atoms with Crippen LogP contribution < -0.4 is 10.6 Å². The maximum Gasteiger partial charge on any atom is 0.416 e. The molecule has 2 aromatic carbocycles. The maximum atomic E-state index is 14.0. The van der Waals surface area contributed by atoms with Gasteiger partial charge >= 0.3 is 11.9 Å². The number of nitrogens with zero attached hydrogens (tertiary/aromatic N) is 7. The lowest BCUT2D eigenvalue weighted by atomic mass is 10.2. The summed E-state index contributed by atoms with van der Waals surface area (Å²) in [6.07, 6.45) is -8.22. The van der Waals surface area contributed by atoms with Gasteiger partial charge in [0, 0.05) is 23.6 Å². The van der Waals surface area contributed by atoms with Crippen molar-refractivity contribution in [2.24, 2.45) is 0 Å². The minimum absolute atomic E-state index is 0.0137. The predicted molar refractivity (Wildman–Crippen MR) is 136 cm³/mol. The van der Waals surface area contributed by atoms with Crippen LogP contribution in [-0.2, 0) is 13.1 Å². The average Bonchev–Trinajstić information content (AvgIpc) is 3.55. The van der Waals surface area contributed by atoms with E-state index in [1.165, 1.54) is 33.8 Å². The van der Waals surface area contributed by atoms with Crippen LogP contribution in [0.4, 0.5) is 27.9 Å². The molecule has 2 aromatic heterocycles. The highest BCUT2D eigenvalue weighted by atomic mass is 35.5. The van der Waals surface area contributed by atoms with Crippen LogP contribution in [0.25, 0.3) is 17.1 Å². The molecule has 1 unspecified atom stereocenters. The summed E-state index contributed by atoms with van der Waals surface area (Å²) in [5.41, 5.74) is -0.359. The Kier molecular flexibility index (Phi) is 7.35. The summed E-state index contributed by atoms with van der Waals surface area (Å²) in [4.78, 5) is 18.9. The van der Waals surface area contributed by atoms with Crippen LogP contribution >= 0.6 is 23.2 Å². The summed E-state index contributed by atoms with van der Waals surface area (Å²) >= 11 is 12.2. The van der Waals surface area contributed by atoms with E-state index in [4.69, 9.17) is 23.2 Å². The summed E-state index contributed by atoms with van der Waals surface area (Å²) in [6.45, 7) is -2.15. The predicted octanol–water partition coefficient (Wildman–Crippen LogP) is 4.42. The second-order valence-corrected chi connectivity index (χ2v) is 10.0. The molecule has 1 atom stereocenters. The van der Waals surface area contributed by atoms with E-state index in [1.807, 2.05) is 0 Å². The number of benzene rings is 2. The zero-order valence-electron chi connectivity index (χ0n) is 20.4. The fourth-order valence-electron chi connectivity index (χ4n) is 4.24. The number of para-hydroxylation sites is 1. The fraction of sp³-hybridized carbons (Fsp3) is 0.333. The minimum Gasteiger partial charge on any atom is -0.382 e. The summed E-state index contributed by atoms with van der Waals surface area (Å²) in [7, 11) is 0. The van der Waals surface area contributed by atoms with Gasteiger partial charge in [0.25, 0.3) is 5.92 Å². The number of alkyl halides is 5. The normalized spacial score (nSPS) is 16.1. The Labute approximate surface area is 233 Å². The van der Waals surface area contributed by atoms with Crippen molar-refractivity contribution in [3.63, 3.8) is 0 Å². The van der Waals surface area contributed by atoms with Crippen LogP contribution in [0.15, 0.2) is 53.3 Å². The lowest BCUT2D eigenvalue weighted by Crippen LogP contribution is -2.37. The molecule has 40 heavy (non-hydrogen) atoms. The summed E-state index contributed by atoms with van der Waals surface area (Å²) in [6, 6.07) is 12.4. The molecule has 1 aliphatic rings. The highest BCUT2D eigenvalue weighted by Gasteiger charge is 2.41. The monoisotopic (exact) mass is 603 g/mol. The Bertz CT molecular complexity index is 1580. The SMILES string of the molecule is O=c1n(Cc2nc(N3CCC(F)(F)C3)n(-c3ccccc3Cl)n2)nc(-c2ccc(Cl)cc2)n1CC(O)C(F)(F)F. The van der Waals surface area contributed by atoms with Crippen molar-refractivity contribution in [3.8, 4) is 17.1 Å². The molecule has 1 N–H and O–H groups in total. The van der Waals surface area contributed by atoms with E-state index < -0.39 is 49.9 Å². The lowest BCUT2D eigenvalue weighted by molar-refractivity contribution is -0.207. The maximum absolute atomic E-state index is 14.0. The number of rotatable bonds is 7. The number of hydrogen-bond acceptors (Lipinski definition) is 6. The Morgan fingerprint density at radius 2 is 1.75 bits per heavy atom. The Morgan fingerprint density at radius 1 is 1.05 bits per heavy atom. The van der Waals surface area contributed by atoms with E-state index in [9.17, 15) is 31.9 Å². The highest BCUT2D eigenvalue weighted by molar-refractivity contribution is 6.32. The second-order valence-electron chi connectivity index (χ2n) is 9.16. The first-order chi connectivity index (χ1) is 18.8. The zero-order chi connectivity index (χ0) is 28.8. The molecule has 1 fully saturated rings. The van der Waals surface area contributed by atoms with Gasteiger partial charge in [-0.1, -0.05) is 35.3 Å². The van der Waals surface area contributed by atoms with Gasteiger partial charge < -0.3 is 10.0 Å². The number of aromatic nitrogens is 6. The molecule has 0 bridgehead atoms. The van der Waals surface area contributed by atoms with Crippen molar-refractivity contribution in [2.75, 3.05) is 18.0 Å². The Balaban J connectivity index is 1.57. The van der Waals surface area contributed by atoms with E-state index in [0.29, 0.717) is 15.3 Å². The standard InChI is InChI=1S/C24H20Cl2F5N7O2/c25-15-7-5-14(6-8-15)20-34-37(22(40)36(20)11-18(39)24(29,30)31)12-19-32-21(35-10-9-23(27,28)13-35)38(33-19)17-4-2-1-3-16(17)26/h1-8,18,39H,9-13H2. The first kappa shape index (κ1) is 28.1. The van der Waals surface area contributed by atoms with Gasteiger partial charge in [-0.05, 0) is 36.4 Å². The number of halogens is 7. The molecule has 1 aliphatic heterocycles. The van der Waals surface area contributed by atoms with Gasteiger partial charge in [0.1, 0.15) is 6.54 Å². The number of anilines is 1. The third kappa shape index (κ3) is 5.69. The van der Waals surface area contributed by atoms with Crippen LogP contribution in [-0.4, -0.2) is 65.5 Å². The average molecular weight is 604 g/mol. The van der Waals surface area contributed by atoms with Crippen molar-refractivity contribution in [1.82, 2.24) is 29.1 Å². The van der Waals surface area contributed by atoms with Crippen LogP contribution in [0, 0.1) is 0 Å². The van der Waals surface area contributed by atoms with E-state index in [-0.39, 0.29) is 34.7 Å². The third-order valence-corrected chi connectivity index (χ3v) is 6.79. The molecule has 0 aliphatic carbocycles. The van der Waals surface area contributed by atoms with Crippen LogP contribution in [0.2, 0.25) is 10.0 Å². The van der Waals surface area contributed by atoms with Crippen molar-refractivity contribution in [1.29, 1.82) is 0 Å². The first-order valence-electron chi connectivity index (χ1n) is 11.8. The fourth-order valence-corrected chi connectivity index (χ4v) is 4.58. The lowest BCUT2D eigenvalue weighted by Gasteiger charge is -2.17. The van der Waals surface area contributed by atoms with Crippen LogP contribution in [0.1, 0.15) is 12.2 Å². The van der Waals surface area contributed by atoms with Gasteiger partial charge in [-0.3, -0.25) is 4.57 Å². The van der Waals surface area contributed by atoms with Crippen LogP contribution in [0.5, 0.6) is 0 Å². The molecule has 4 aromatic rings.